The quantitative estimate of drug-likeness (QED) is 0.833. The zero-order valence-corrected chi connectivity index (χ0v) is 10.2. The first kappa shape index (κ1) is 11.5. The van der Waals surface area contributed by atoms with Crippen molar-refractivity contribution in [2.75, 3.05) is 13.7 Å². The largest absolute Gasteiger partial charge is 0.472 e. The van der Waals surface area contributed by atoms with Gasteiger partial charge in [-0.15, -0.1) is 0 Å². The van der Waals surface area contributed by atoms with Gasteiger partial charge in [-0.25, -0.2) is 4.98 Å². The summed E-state index contributed by atoms with van der Waals surface area (Å²) in [5.74, 6) is 0.665. The maximum atomic E-state index is 5.58. The van der Waals surface area contributed by atoms with E-state index in [1.54, 1.807) is 13.3 Å². The number of aromatic nitrogens is 1. The van der Waals surface area contributed by atoms with Crippen LogP contribution < -0.4 is 4.74 Å². The van der Waals surface area contributed by atoms with Crippen molar-refractivity contribution in [2.45, 2.75) is 20.0 Å². The molecule has 0 aliphatic heterocycles. The number of hydrogen-bond acceptors (Lipinski definition) is 3. The third kappa shape index (κ3) is 3.27. The molecule has 3 nitrogen and oxygen atoms in total. The lowest BCUT2D eigenvalue weighted by Gasteiger charge is -2.14. The van der Waals surface area contributed by atoms with Crippen LogP contribution >= 0.6 is 15.9 Å². The molecule has 0 fully saturated rings. The number of rotatable bonds is 4. The molecule has 0 N–H and O–H groups in total. The van der Waals surface area contributed by atoms with E-state index in [1.807, 2.05) is 19.9 Å². The van der Waals surface area contributed by atoms with Crippen LogP contribution in [-0.4, -0.2) is 24.8 Å². The zero-order valence-electron chi connectivity index (χ0n) is 8.58. The molecule has 1 atom stereocenters. The summed E-state index contributed by atoms with van der Waals surface area (Å²) in [4.78, 5) is 4.18. The molecule has 0 radical (unpaired) electrons. The molecule has 0 bridgehead atoms. The fourth-order valence-corrected chi connectivity index (χ4v) is 1.56. The summed E-state index contributed by atoms with van der Waals surface area (Å²) in [5.41, 5.74) is 1.02. The van der Waals surface area contributed by atoms with Crippen LogP contribution in [0.4, 0.5) is 0 Å². The maximum absolute atomic E-state index is 5.58. The average molecular weight is 260 g/mol. The lowest BCUT2D eigenvalue weighted by Crippen LogP contribution is -2.19. The van der Waals surface area contributed by atoms with Crippen LogP contribution in [0.15, 0.2) is 16.7 Å². The van der Waals surface area contributed by atoms with Gasteiger partial charge in [0.2, 0.25) is 5.88 Å². The highest BCUT2D eigenvalue weighted by Gasteiger charge is 2.07. The molecule has 0 aromatic carbocycles. The minimum absolute atomic E-state index is 0.0207. The van der Waals surface area contributed by atoms with Gasteiger partial charge >= 0.3 is 0 Å². The lowest BCUT2D eigenvalue weighted by atomic mass is 10.3. The van der Waals surface area contributed by atoms with E-state index in [9.17, 15) is 0 Å². The molecule has 0 aliphatic rings. The number of nitrogens with zero attached hydrogens (tertiary/aromatic N) is 1. The SMILES string of the molecule is COCC(C)Oc1ncc(Br)cc1C. The van der Waals surface area contributed by atoms with E-state index in [1.165, 1.54) is 0 Å². The van der Waals surface area contributed by atoms with Gasteiger partial charge in [-0.3, -0.25) is 0 Å². The van der Waals surface area contributed by atoms with Gasteiger partial charge in [-0.05, 0) is 35.8 Å². The maximum Gasteiger partial charge on any atom is 0.216 e. The summed E-state index contributed by atoms with van der Waals surface area (Å²) in [6.45, 7) is 4.48. The monoisotopic (exact) mass is 259 g/mol. The highest BCUT2D eigenvalue weighted by molar-refractivity contribution is 9.10. The van der Waals surface area contributed by atoms with E-state index >= 15 is 0 Å². The molecule has 1 aromatic heterocycles. The van der Waals surface area contributed by atoms with Crippen molar-refractivity contribution in [1.29, 1.82) is 0 Å². The fraction of sp³-hybridized carbons (Fsp3) is 0.500. The van der Waals surface area contributed by atoms with E-state index in [0.29, 0.717) is 12.5 Å². The summed E-state index contributed by atoms with van der Waals surface area (Å²) >= 11 is 3.35. The minimum atomic E-state index is 0.0207. The number of methoxy groups -OCH3 is 1. The predicted octanol–water partition coefficient (Wildman–Crippen LogP) is 2.57. The van der Waals surface area contributed by atoms with Gasteiger partial charge in [-0.1, -0.05) is 0 Å². The average Bonchev–Trinajstić information content (AvgIpc) is 2.10. The van der Waals surface area contributed by atoms with Crippen LogP contribution in [-0.2, 0) is 4.74 Å². The van der Waals surface area contributed by atoms with Crippen LogP contribution in [0.1, 0.15) is 12.5 Å². The molecule has 78 valence electrons. The van der Waals surface area contributed by atoms with Gasteiger partial charge in [-0.2, -0.15) is 0 Å². The Kier molecular flexibility index (Phi) is 4.35. The van der Waals surface area contributed by atoms with Crippen molar-refractivity contribution in [3.63, 3.8) is 0 Å². The Morgan fingerprint density at radius 1 is 1.57 bits per heavy atom. The molecule has 0 aliphatic carbocycles. The molecular weight excluding hydrogens is 246 g/mol. The molecule has 1 unspecified atom stereocenters. The molecule has 14 heavy (non-hydrogen) atoms. The van der Waals surface area contributed by atoms with Gasteiger partial charge in [0.05, 0.1) is 6.61 Å². The van der Waals surface area contributed by atoms with Gasteiger partial charge in [0, 0.05) is 23.3 Å². The topological polar surface area (TPSA) is 31.4 Å². The Labute approximate surface area is 92.6 Å². The molecular formula is C10H14BrNO2. The van der Waals surface area contributed by atoms with Crippen LogP contribution in [0, 0.1) is 6.92 Å². The molecule has 0 saturated heterocycles. The van der Waals surface area contributed by atoms with Crippen LogP contribution in [0.25, 0.3) is 0 Å². The first-order valence-electron chi connectivity index (χ1n) is 4.41. The Morgan fingerprint density at radius 3 is 2.86 bits per heavy atom. The normalized spacial score (nSPS) is 12.6. The Hall–Kier alpha value is -0.610. The van der Waals surface area contributed by atoms with Gasteiger partial charge in [0.1, 0.15) is 6.10 Å². The van der Waals surface area contributed by atoms with E-state index < -0.39 is 0 Å². The summed E-state index contributed by atoms with van der Waals surface area (Å²) in [6.07, 6.45) is 1.74. The summed E-state index contributed by atoms with van der Waals surface area (Å²) in [6, 6.07) is 1.97. The molecule has 0 spiro atoms. The second-order valence-corrected chi connectivity index (χ2v) is 4.08. The van der Waals surface area contributed by atoms with Crippen molar-refractivity contribution in [1.82, 2.24) is 4.98 Å². The van der Waals surface area contributed by atoms with Gasteiger partial charge in [0.25, 0.3) is 0 Å². The number of halogens is 1. The third-order valence-corrected chi connectivity index (χ3v) is 2.14. The molecule has 0 saturated carbocycles. The fourth-order valence-electron chi connectivity index (χ4n) is 1.11. The lowest BCUT2D eigenvalue weighted by molar-refractivity contribution is 0.0884. The first-order valence-corrected chi connectivity index (χ1v) is 5.20. The minimum Gasteiger partial charge on any atom is -0.472 e. The third-order valence-electron chi connectivity index (χ3n) is 1.71. The smallest absolute Gasteiger partial charge is 0.216 e. The summed E-state index contributed by atoms with van der Waals surface area (Å²) < 4.78 is 11.5. The highest BCUT2D eigenvalue weighted by atomic mass is 79.9. The van der Waals surface area contributed by atoms with Gasteiger partial charge < -0.3 is 9.47 Å². The summed E-state index contributed by atoms with van der Waals surface area (Å²) in [7, 11) is 1.65. The van der Waals surface area contributed by atoms with Crippen molar-refractivity contribution in [3.8, 4) is 5.88 Å². The van der Waals surface area contributed by atoms with Crippen LogP contribution in [0.2, 0.25) is 0 Å². The molecule has 1 heterocycles. The summed E-state index contributed by atoms with van der Waals surface area (Å²) in [5, 5.41) is 0. The molecule has 1 rings (SSSR count). The number of pyridine rings is 1. The van der Waals surface area contributed by atoms with E-state index in [4.69, 9.17) is 9.47 Å². The van der Waals surface area contributed by atoms with Crippen LogP contribution in [0.5, 0.6) is 5.88 Å². The van der Waals surface area contributed by atoms with E-state index in [-0.39, 0.29) is 6.10 Å². The standard InChI is InChI=1S/C10H14BrNO2/c1-7-4-9(11)5-12-10(7)14-8(2)6-13-3/h4-5,8H,6H2,1-3H3. The van der Waals surface area contributed by atoms with Crippen molar-refractivity contribution in [3.05, 3.63) is 22.3 Å². The van der Waals surface area contributed by atoms with E-state index in [2.05, 4.69) is 20.9 Å². The Bertz CT molecular complexity index is 304. The van der Waals surface area contributed by atoms with Gasteiger partial charge in [0.15, 0.2) is 0 Å². The second-order valence-electron chi connectivity index (χ2n) is 3.16. The first-order chi connectivity index (χ1) is 6.63. The Morgan fingerprint density at radius 2 is 2.29 bits per heavy atom. The number of ether oxygens (including phenoxy) is 2. The van der Waals surface area contributed by atoms with Crippen molar-refractivity contribution < 1.29 is 9.47 Å². The molecule has 1 aromatic rings. The highest BCUT2D eigenvalue weighted by Crippen LogP contribution is 2.19. The van der Waals surface area contributed by atoms with E-state index in [0.717, 1.165) is 10.0 Å². The predicted molar refractivity (Wildman–Crippen MR) is 58.6 cm³/mol. The molecule has 0 amide bonds. The molecule has 4 heteroatoms. The second kappa shape index (κ2) is 5.32. The Balaban J connectivity index is 2.67. The number of aryl methyl sites for hydroxylation is 1. The van der Waals surface area contributed by atoms with Crippen LogP contribution in [0.3, 0.4) is 0 Å². The number of hydrogen-bond donors (Lipinski definition) is 0. The zero-order chi connectivity index (χ0) is 10.6. The van der Waals surface area contributed by atoms with Crippen molar-refractivity contribution in [2.24, 2.45) is 0 Å². The van der Waals surface area contributed by atoms with Crippen molar-refractivity contribution >= 4 is 15.9 Å².